The summed E-state index contributed by atoms with van der Waals surface area (Å²) in [6, 6.07) is 4.96. The van der Waals surface area contributed by atoms with E-state index in [9.17, 15) is 13.2 Å². The molecule has 0 radical (unpaired) electrons. The van der Waals surface area contributed by atoms with Crippen molar-refractivity contribution < 1.29 is 22.7 Å². The lowest BCUT2D eigenvalue weighted by Crippen LogP contribution is -2.39. The zero-order valence-corrected chi connectivity index (χ0v) is 14.5. The van der Waals surface area contributed by atoms with Gasteiger partial charge in [-0.25, -0.2) is 13.1 Å². The van der Waals surface area contributed by atoms with Crippen molar-refractivity contribution in [3.8, 4) is 0 Å². The lowest BCUT2D eigenvalue weighted by atomic mass is 10.2. The molecule has 0 spiro atoms. The van der Waals surface area contributed by atoms with Crippen molar-refractivity contribution in [2.75, 3.05) is 13.2 Å². The Morgan fingerprint density at radius 1 is 1.43 bits per heavy atom. The molecule has 1 aromatic rings. The summed E-state index contributed by atoms with van der Waals surface area (Å²) in [4.78, 5) is 12.2. The van der Waals surface area contributed by atoms with Crippen LogP contribution in [0, 0.1) is 13.8 Å². The van der Waals surface area contributed by atoms with Crippen LogP contribution < -0.4 is 4.72 Å². The van der Waals surface area contributed by atoms with Crippen molar-refractivity contribution in [1.82, 2.24) is 4.72 Å². The summed E-state index contributed by atoms with van der Waals surface area (Å²) in [5, 5.41) is 0. The summed E-state index contributed by atoms with van der Waals surface area (Å²) < 4.78 is 37.6. The minimum atomic E-state index is -3.90. The summed E-state index contributed by atoms with van der Waals surface area (Å²) >= 11 is 0. The van der Waals surface area contributed by atoms with E-state index in [1.807, 2.05) is 6.92 Å². The van der Waals surface area contributed by atoms with E-state index in [2.05, 4.69) is 4.72 Å². The third-order valence-corrected chi connectivity index (χ3v) is 5.29. The number of ether oxygens (including phenoxy) is 2. The molecule has 1 amide bonds. The second kappa shape index (κ2) is 7.42. The summed E-state index contributed by atoms with van der Waals surface area (Å²) in [6.45, 7) is 6.10. The third kappa shape index (κ3) is 4.76. The van der Waals surface area contributed by atoms with Gasteiger partial charge in [-0.05, 0) is 45.2 Å². The Balaban J connectivity index is 1.97. The van der Waals surface area contributed by atoms with E-state index in [0.29, 0.717) is 12.2 Å². The minimum Gasteiger partial charge on any atom is -0.376 e. The minimum absolute atomic E-state index is 0.0128. The first-order valence-electron chi connectivity index (χ1n) is 7.67. The standard InChI is InChI=1S/C16H23NO5S/c1-11-6-7-15(12(2)9-11)23(19,20)17-16(18)13(3)22-10-14-5-4-8-21-14/h6-7,9,13-14H,4-5,8,10H2,1-3H3,(H,17,18). The molecule has 1 aliphatic rings. The molecule has 2 atom stereocenters. The van der Waals surface area contributed by atoms with Crippen LogP contribution in [-0.4, -0.2) is 39.7 Å². The lowest BCUT2D eigenvalue weighted by Gasteiger charge is -2.16. The maximum atomic E-state index is 12.3. The zero-order chi connectivity index (χ0) is 17.0. The zero-order valence-electron chi connectivity index (χ0n) is 13.7. The Hall–Kier alpha value is -1.44. The van der Waals surface area contributed by atoms with Crippen LogP contribution in [0.2, 0.25) is 0 Å². The lowest BCUT2D eigenvalue weighted by molar-refractivity contribution is -0.131. The molecule has 0 aromatic heterocycles. The molecule has 1 N–H and O–H groups in total. The highest BCUT2D eigenvalue weighted by Crippen LogP contribution is 2.17. The molecule has 0 aliphatic carbocycles. The van der Waals surface area contributed by atoms with Gasteiger partial charge < -0.3 is 9.47 Å². The maximum absolute atomic E-state index is 12.3. The highest BCUT2D eigenvalue weighted by Gasteiger charge is 2.25. The van der Waals surface area contributed by atoms with Gasteiger partial charge >= 0.3 is 0 Å². The summed E-state index contributed by atoms with van der Waals surface area (Å²) in [6.07, 6.45) is 1.01. The van der Waals surface area contributed by atoms with Crippen LogP contribution in [0.25, 0.3) is 0 Å². The number of hydrogen-bond acceptors (Lipinski definition) is 5. The number of carbonyl (C=O) groups is 1. The quantitative estimate of drug-likeness (QED) is 0.851. The normalized spacial score (nSPS) is 19.5. The summed E-state index contributed by atoms with van der Waals surface area (Å²) in [5.41, 5.74) is 1.55. The van der Waals surface area contributed by atoms with Crippen molar-refractivity contribution in [2.24, 2.45) is 0 Å². The van der Waals surface area contributed by atoms with Crippen molar-refractivity contribution in [1.29, 1.82) is 0 Å². The first kappa shape index (κ1) is 17.9. The molecule has 7 heteroatoms. The van der Waals surface area contributed by atoms with Crippen LogP contribution in [0.1, 0.15) is 30.9 Å². The van der Waals surface area contributed by atoms with Gasteiger partial charge in [0.1, 0.15) is 6.10 Å². The molecule has 23 heavy (non-hydrogen) atoms. The molecule has 1 aliphatic heterocycles. The molecule has 0 saturated carbocycles. The van der Waals surface area contributed by atoms with Crippen LogP contribution in [-0.2, 0) is 24.3 Å². The van der Waals surface area contributed by atoms with Gasteiger partial charge in [-0.15, -0.1) is 0 Å². The van der Waals surface area contributed by atoms with Crippen LogP contribution >= 0.6 is 0 Å². The Bertz CT molecular complexity index is 665. The fourth-order valence-corrected chi connectivity index (χ4v) is 3.75. The van der Waals surface area contributed by atoms with E-state index in [4.69, 9.17) is 9.47 Å². The van der Waals surface area contributed by atoms with E-state index in [-0.39, 0.29) is 17.6 Å². The molecular weight excluding hydrogens is 318 g/mol. The van der Waals surface area contributed by atoms with Gasteiger partial charge in [0.25, 0.3) is 15.9 Å². The highest BCUT2D eigenvalue weighted by atomic mass is 32.2. The van der Waals surface area contributed by atoms with Gasteiger partial charge in [0.15, 0.2) is 0 Å². The molecule has 1 heterocycles. The van der Waals surface area contributed by atoms with Crippen LogP contribution in [0.3, 0.4) is 0 Å². The smallest absolute Gasteiger partial charge is 0.264 e. The maximum Gasteiger partial charge on any atom is 0.264 e. The topological polar surface area (TPSA) is 81.7 Å². The first-order chi connectivity index (χ1) is 10.8. The Kier molecular flexibility index (Phi) is 5.78. The van der Waals surface area contributed by atoms with Crippen molar-refractivity contribution in [2.45, 2.75) is 50.7 Å². The van der Waals surface area contributed by atoms with Gasteiger partial charge in [0, 0.05) is 6.61 Å². The van der Waals surface area contributed by atoms with Crippen LogP contribution in [0.15, 0.2) is 23.1 Å². The van der Waals surface area contributed by atoms with Crippen LogP contribution in [0.4, 0.5) is 0 Å². The van der Waals surface area contributed by atoms with Gasteiger partial charge in [-0.3, -0.25) is 4.79 Å². The Morgan fingerprint density at radius 3 is 2.78 bits per heavy atom. The first-order valence-corrected chi connectivity index (χ1v) is 9.15. The predicted molar refractivity (Wildman–Crippen MR) is 85.6 cm³/mol. The van der Waals surface area contributed by atoms with Crippen molar-refractivity contribution >= 4 is 15.9 Å². The second-order valence-corrected chi connectivity index (χ2v) is 7.50. The second-order valence-electron chi connectivity index (χ2n) is 5.85. The molecule has 128 valence electrons. The molecule has 1 aromatic carbocycles. The largest absolute Gasteiger partial charge is 0.376 e. The molecule has 2 unspecified atom stereocenters. The molecular formula is C16H23NO5S. The van der Waals surface area contributed by atoms with E-state index in [0.717, 1.165) is 18.4 Å². The monoisotopic (exact) mass is 341 g/mol. The molecule has 0 bridgehead atoms. The average Bonchev–Trinajstić information content (AvgIpc) is 2.96. The number of amides is 1. The molecule has 2 rings (SSSR count). The summed E-state index contributed by atoms with van der Waals surface area (Å²) in [7, 11) is -3.90. The number of aryl methyl sites for hydroxylation is 2. The van der Waals surface area contributed by atoms with Crippen molar-refractivity contribution in [3.05, 3.63) is 29.3 Å². The SMILES string of the molecule is Cc1ccc(S(=O)(=O)NC(=O)C(C)OCC2CCCO2)c(C)c1. The van der Waals surface area contributed by atoms with Crippen molar-refractivity contribution in [3.63, 3.8) is 0 Å². The number of benzene rings is 1. The Morgan fingerprint density at radius 2 is 2.17 bits per heavy atom. The molecule has 6 nitrogen and oxygen atoms in total. The average molecular weight is 341 g/mol. The van der Waals surface area contributed by atoms with Crippen LogP contribution in [0.5, 0.6) is 0 Å². The van der Waals surface area contributed by atoms with Gasteiger partial charge in [-0.2, -0.15) is 0 Å². The van der Waals surface area contributed by atoms with Gasteiger partial charge in [0.2, 0.25) is 0 Å². The van der Waals surface area contributed by atoms with E-state index in [1.165, 1.54) is 13.0 Å². The fourth-order valence-electron chi connectivity index (χ4n) is 2.47. The van der Waals surface area contributed by atoms with E-state index >= 15 is 0 Å². The summed E-state index contributed by atoms with van der Waals surface area (Å²) in [5.74, 6) is -0.678. The van der Waals surface area contributed by atoms with E-state index in [1.54, 1.807) is 19.1 Å². The van der Waals surface area contributed by atoms with Gasteiger partial charge in [-0.1, -0.05) is 17.7 Å². The van der Waals surface area contributed by atoms with Gasteiger partial charge in [0.05, 0.1) is 17.6 Å². The fraction of sp³-hybridized carbons (Fsp3) is 0.562. The number of hydrogen-bond donors (Lipinski definition) is 1. The number of carbonyl (C=O) groups excluding carboxylic acids is 1. The Labute approximate surface area is 137 Å². The highest BCUT2D eigenvalue weighted by molar-refractivity contribution is 7.90. The predicted octanol–water partition coefficient (Wildman–Crippen LogP) is 1.69. The number of rotatable bonds is 6. The number of nitrogens with one attached hydrogen (secondary N) is 1. The molecule has 1 saturated heterocycles. The van der Waals surface area contributed by atoms with E-state index < -0.39 is 22.0 Å². The molecule has 1 fully saturated rings. The third-order valence-electron chi connectivity index (χ3n) is 3.78. The number of sulfonamides is 1.